The minimum Gasteiger partial charge on any atom is -0.465 e. The molecule has 0 atom stereocenters. The van der Waals surface area contributed by atoms with Gasteiger partial charge in [-0.25, -0.2) is 4.79 Å². The summed E-state index contributed by atoms with van der Waals surface area (Å²) in [7, 11) is 1.31. The number of esters is 1. The lowest BCUT2D eigenvalue weighted by molar-refractivity contribution is -0.116. The molecule has 1 heterocycles. The van der Waals surface area contributed by atoms with Crippen LogP contribution in [0.4, 0.5) is 5.69 Å². The third kappa shape index (κ3) is 4.97. The molecular weight excluding hydrogens is 346 g/mol. The molecule has 144 valence electrons. The molecule has 27 heavy (non-hydrogen) atoms. The van der Waals surface area contributed by atoms with E-state index in [0.29, 0.717) is 35.5 Å². The molecular formula is C20H25N3O4. The van der Waals surface area contributed by atoms with E-state index >= 15 is 0 Å². The van der Waals surface area contributed by atoms with Gasteiger partial charge >= 0.3 is 5.97 Å². The van der Waals surface area contributed by atoms with Crippen molar-refractivity contribution < 1.29 is 19.1 Å². The molecule has 0 bridgehead atoms. The van der Waals surface area contributed by atoms with Gasteiger partial charge in [0.1, 0.15) is 5.69 Å². The fourth-order valence-corrected chi connectivity index (χ4v) is 2.81. The van der Waals surface area contributed by atoms with Crippen molar-refractivity contribution in [2.24, 2.45) is 0 Å². The van der Waals surface area contributed by atoms with Crippen LogP contribution in [0.25, 0.3) is 0 Å². The third-order valence-electron chi connectivity index (χ3n) is 4.22. The Kier molecular flexibility index (Phi) is 6.76. The highest BCUT2D eigenvalue weighted by molar-refractivity contribution is 6.00. The minimum absolute atomic E-state index is 0.0162. The van der Waals surface area contributed by atoms with E-state index in [2.05, 4.69) is 15.6 Å². The number of carbonyl (C=O) groups is 3. The second kappa shape index (κ2) is 9.02. The Balaban J connectivity index is 2.00. The van der Waals surface area contributed by atoms with E-state index in [0.717, 1.165) is 17.7 Å². The molecule has 1 aromatic carbocycles. The largest absolute Gasteiger partial charge is 0.465 e. The first-order chi connectivity index (χ1) is 12.9. The number of aryl methyl sites for hydroxylation is 1. The second-order valence-electron chi connectivity index (χ2n) is 6.29. The molecule has 2 rings (SSSR count). The third-order valence-corrected chi connectivity index (χ3v) is 4.22. The van der Waals surface area contributed by atoms with Gasteiger partial charge in [0.25, 0.3) is 5.91 Å². The van der Waals surface area contributed by atoms with Gasteiger partial charge in [-0.2, -0.15) is 0 Å². The summed E-state index contributed by atoms with van der Waals surface area (Å²) in [6.45, 7) is 5.71. The summed E-state index contributed by atoms with van der Waals surface area (Å²) >= 11 is 0. The summed E-state index contributed by atoms with van der Waals surface area (Å²) in [5.41, 5.74) is 3.50. The predicted octanol–water partition coefficient (Wildman–Crippen LogP) is 3.09. The first-order valence-electron chi connectivity index (χ1n) is 8.81. The SMILES string of the molecule is CCCC(=O)Nc1ccc(CNC(=O)c2[nH]c(C)c(C(=O)OC)c2C)cc1. The van der Waals surface area contributed by atoms with Crippen molar-refractivity contribution in [2.45, 2.75) is 40.2 Å². The van der Waals surface area contributed by atoms with Gasteiger partial charge in [-0.15, -0.1) is 0 Å². The molecule has 7 nitrogen and oxygen atoms in total. The Morgan fingerprint density at radius 2 is 1.78 bits per heavy atom. The average Bonchev–Trinajstić information content (AvgIpc) is 2.95. The quantitative estimate of drug-likeness (QED) is 0.651. The minimum atomic E-state index is -0.471. The van der Waals surface area contributed by atoms with Crippen molar-refractivity contribution in [1.82, 2.24) is 10.3 Å². The molecule has 0 aliphatic rings. The maximum Gasteiger partial charge on any atom is 0.339 e. The lowest BCUT2D eigenvalue weighted by Gasteiger charge is -2.08. The molecule has 3 N–H and O–H groups in total. The van der Waals surface area contributed by atoms with E-state index in [9.17, 15) is 14.4 Å². The van der Waals surface area contributed by atoms with E-state index in [4.69, 9.17) is 4.74 Å². The zero-order chi connectivity index (χ0) is 20.0. The van der Waals surface area contributed by atoms with Crippen molar-refractivity contribution in [1.29, 1.82) is 0 Å². The van der Waals surface area contributed by atoms with Crippen LogP contribution in [0.2, 0.25) is 0 Å². The van der Waals surface area contributed by atoms with Crippen LogP contribution in [0.5, 0.6) is 0 Å². The Bertz CT molecular complexity index is 838. The van der Waals surface area contributed by atoms with E-state index in [1.807, 2.05) is 19.1 Å². The summed E-state index contributed by atoms with van der Waals surface area (Å²) < 4.78 is 4.75. The van der Waals surface area contributed by atoms with Crippen molar-refractivity contribution in [2.75, 3.05) is 12.4 Å². The monoisotopic (exact) mass is 371 g/mol. The first-order valence-corrected chi connectivity index (χ1v) is 8.81. The molecule has 0 aliphatic heterocycles. The molecule has 0 unspecified atom stereocenters. The number of aromatic amines is 1. The topological polar surface area (TPSA) is 100 Å². The molecule has 0 spiro atoms. The van der Waals surface area contributed by atoms with Crippen molar-refractivity contribution >= 4 is 23.5 Å². The highest BCUT2D eigenvalue weighted by Crippen LogP contribution is 2.19. The van der Waals surface area contributed by atoms with Gasteiger partial charge < -0.3 is 20.4 Å². The Morgan fingerprint density at radius 1 is 1.11 bits per heavy atom. The molecule has 2 aromatic rings. The van der Waals surface area contributed by atoms with Crippen molar-refractivity contribution in [3.05, 3.63) is 52.3 Å². The van der Waals surface area contributed by atoms with E-state index in [1.165, 1.54) is 7.11 Å². The maximum atomic E-state index is 12.4. The molecule has 0 radical (unpaired) electrons. The van der Waals surface area contributed by atoms with Crippen molar-refractivity contribution in [3.8, 4) is 0 Å². The lowest BCUT2D eigenvalue weighted by atomic mass is 10.1. The van der Waals surface area contributed by atoms with Gasteiger partial charge in [0, 0.05) is 24.3 Å². The highest BCUT2D eigenvalue weighted by atomic mass is 16.5. The molecule has 2 amide bonds. The number of aromatic nitrogens is 1. The fraction of sp³-hybridized carbons (Fsp3) is 0.350. The number of benzene rings is 1. The summed E-state index contributed by atoms with van der Waals surface area (Å²) in [5, 5.41) is 5.64. The number of hydrogen-bond acceptors (Lipinski definition) is 4. The number of hydrogen-bond donors (Lipinski definition) is 3. The van der Waals surface area contributed by atoms with E-state index in [-0.39, 0.29) is 11.8 Å². The number of ether oxygens (including phenoxy) is 1. The molecule has 1 aromatic heterocycles. The van der Waals surface area contributed by atoms with Crippen LogP contribution < -0.4 is 10.6 Å². The van der Waals surface area contributed by atoms with Gasteiger partial charge in [0.2, 0.25) is 5.91 Å². The Hall–Kier alpha value is -3.09. The molecule has 0 aliphatic carbocycles. The van der Waals surface area contributed by atoms with Crippen LogP contribution in [-0.4, -0.2) is 29.9 Å². The fourth-order valence-electron chi connectivity index (χ4n) is 2.81. The Morgan fingerprint density at radius 3 is 2.37 bits per heavy atom. The number of anilines is 1. The number of methoxy groups -OCH3 is 1. The van der Waals surface area contributed by atoms with Gasteiger partial charge in [-0.05, 0) is 43.5 Å². The molecule has 0 saturated heterocycles. The second-order valence-corrected chi connectivity index (χ2v) is 6.29. The summed E-state index contributed by atoms with van der Waals surface area (Å²) in [6, 6.07) is 7.28. The van der Waals surface area contributed by atoms with Crippen LogP contribution in [0, 0.1) is 13.8 Å². The molecule has 7 heteroatoms. The van der Waals surface area contributed by atoms with E-state index < -0.39 is 5.97 Å². The summed E-state index contributed by atoms with van der Waals surface area (Å²) in [6.07, 6.45) is 1.28. The first kappa shape index (κ1) is 20.2. The van der Waals surface area contributed by atoms with Gasteiger partial charge in [-0.3, -0.25) is 9.59 Å². The van der Waals surface area contributed by atoms with Crippen molar-refractivity contribution in [3.63, 3.8) is 0 Å². The summed E-state index contributed by atoms with van der Waals surface area (Å²) in [4.78, 5) is 38.8. The number of carbonyl (C=O) groups excluding carboxylic acids is 3. The smallest absolute Gasteiger partial charge is 0.339 e. The van der Waals surface area contributed by atoms with Crippen LogP contribution in [-0.2, 0) is 16.1 Å². The van der Waals surface area contributed by atoms with Gasteiger partial charge in [0.05, 0.1) is 12.7 Å². The number of amides is 2. The number of H-pyrrole nitrogens is 1. The molecule has 0 fully saturated rings. The normalized spacial score (nSPS) is 10.4. The Labute approximate surface area is 158 Å². The van der Waals surface area contributed by atoms with E-state index in [1.54, 1.807) is 26.0 Å². The molecule has 0 saturated carbocycles. The zero-order valence-electron chi connectivity index (χ0n) is 16.1. The van der Waals surface area contributed by atoms with Gasteiger partial charge in [-0.1, -0.05) is 19.1 Å². The average molecular weight is 371 g/mol. The highest BCUT2D eigenvalue weighted by Gasteiger charge is 2.22. The number of rotatable bonds is 7. The standard InChI is InChI=1S/C20H25N3O4/c1-5-6-16(24)23-15-9-7-14(8-10-15)11-21-19(25)18-12(2)17(13(3)22-18)20(26)27-4/h7-10,22H,5-6,11H2,1-4H3,(H,21,25)(H,23,24). The predicted molar refractivity (Wildman–Crippen MR) is 103 cm³/mol. The maximum absolute atomic E-state index is 12.4. The van der Waals surface area contributed by atoms with Crippen LogP contribution in [0.1, 0.15) is 57.4 Å². The van der Waals surface area contributed by atoms with Gasteiger partial charge in [0.15, 0.2) is 0 Å². The van der Waals surface area contributed by atoms with Crippen LogP contribution in [0.3, 0.4) is 0 Å². The number of nitrogens with one attached hydrogen (secondary N) is 3. The lowest BCUT2D eigenvalue weighted by Crippen LogP contribution is -2.24. The summed E-state index contributed by atoms with van der Waals surface area (Å²) in [5.74, 6) is -0.787. The zero-order valence-corrected chi connectivity index (χ0v) is 16.1. The van der Waals surface area contributed by atoms with Crippen LogP contribution in [0.15, 0.2) is 24.3 Å². The van der Waals surface area contributed by atoms with Crippen LogP contribution >= 0.6 is 0 Å².